The van der Waals surface area contributed by atoms with Crippen LogP contribution in [-0.4, -0.2) is 35.1 Å². The first-order valence-corrected chi connectivity index (χ1v) is 5.92. The van der Waals surface area contributed by atoms with Gasteiger partial charge in [0, 0.05) is 12.2 Å². The van der Waals surface area contributed by atoms with Crippen LogP contribution in [0.2, 0.25) is 0 Å². The molecule has 17 heavy (non-hydrogen) atoms. The predicted molar refractivity (Wildman–Crippen MR) is 66.7 cm³/mol. The molecule has 2 rings (SSSR count). The van der Waals surface area contributed by atoms with Gasteiger partial charge in [0.15, 0.2) is 0 Å². The number of carbonyl (C=O) groups is 1. The van der Waals surface area contributed by atoms with Gasteiger partial charge in [-0.3, -0.25) is 4.79 Å². The molecule has 0 aromatic heterocycles. The first-order valence-electron chi connectivity index (χ1n) is 5.92. The molecule has 1 aliphatic rings. The number of para-hydroxylation sites is 1. The number of rotatable bonds is 2. The van der Waals surface area contributed by atoms with Crippen molar-refractivity contribution >= 4 is 11.6 Å². The van der Waals surface area contributed by atoms with Crippen LogP contribution in [0.25, 0.3) is 0 Å². The van der Waals surface area contributed by atoms with Gasteiger partial charge in [-0.25, -0.2) is 0 Å². The summed E-state index contributed by atoms with van der Waals surface area (Å²) in [5.74, 6) is -0.0669. The quantitative estimate of drug-likeness (QED) is 0.755. The van der Waals surface area contributed by atoms with Gasteiger partial charge < -0.3 is 15.7 Å². The van der Waals surface area contributed by atoms with E-state index in [1.807, 2.05) is 19.1 Å². The van der Waals surface area contributed by atoms with Crippen molar-refractivity contribution < 1.29 is 9.90 Å². The highest BCUT2D eigenvalue weighted by Gasteiger charge is 2.29. The summed E-state index contributed by atoms with van der Waals surface area (Å²) in [6, 6.07) is 5.42. The molecule has 1 aromatic rings. The number of likely N-dealkylation sites (tertiary alicyclic amines) is 1. The second-order valence-corrected chi connectivity index (χ2v) is 4.51. The van der Waals surface area contributed by atoms with Crippen LogP contribution in [-0.2, 0) is 0 Å². The number of nitrogen functional groups attached to an aromatic ring is 1. The fourth-order valence-electron chi connectivity index (χ4n) is 2.31. The summed E-state index contributed by atoms with van der Waals surface area (Å²) in [6.07, 6.45) is 1.82. The van der Waals surface area contributed by atoms with Crippen LogP contribution in [0.15, 0.2) is 18.2 Å². The van der Waals surface area contributed by atoms with Crippen molar-refractivity contribution in [3.8, 4) is 0 Å². The van der Waals surface area contributed by atoms with Gasteiger partial charge in [0.1, 0.15) is 0 Å². The van der Waals surface area contributed by atoms with Crippen LogP contribution in [0, 0.1) is 6.92 Å². The molecule has 3 N–H and O–H groups in total. The summed E-state index contributed by atoms with van der Waals surface area (Å²) < 4.78 is 0. The number of benzene rings is 1. The number of amides is 1. The van der Waals surface area contributed by atoms with E-state index in [9.17, 15) is 9.90 Å². The highest BCUT2D eigenvalue weighted by Crippen LogP contribution is 2.23. The maximum absolute atomic E-state index is 12.3. The lowest BCUT2D eigenvalue weighted by molar-refractivity contribution is 0.0678. The number of carbonyl (C=O) groups excluding carboxylic acids is 1. The van der Waals surface area contributed by atoms with E-state index in [0.29, 0.717) is 17.8 Å². The number of hydrogen-bond donors (Lipinski definition) is 2. The minimum Gasteiger partial charge on any atom is -0.398 e. The third kappa shape index (κ3) is 2.13. The molecule has 4 nitrogen and oxygen atoms in total. The van der Waals surface area contributed by atoms with Gasteiger partial charge in [0.05, 0.1) is 18.2 Å². The normalized spacial score (nSPS) is 19.6. The van der Waals surface area contributed by atoms with E-state index in [4.69, 9.17) is 5.73 Å². The maximum atomic E-state index is 12.3. The zero-order valence-electron chi connectivity index (χ0n) is 10.0. The molecule has 0 radical (unpaired) electrons. The smallest absolute Gasteiger partial charge is 0.256 e. The summed E-state index contributed by atoms with van der Waals surface area (Å²) >= 11 is 0. The Labute approximate surface area is 101 Å². The molecule has 1 unspecified atom stereocenters. The average Bonchev–Trinajstić information content (AvgIpc) is 2.80. The lowest BCUT2D eigenvalue weighted by atomic mass is 10.1. The van der Waals surface area contributed by atoms with Gasteiger partial charge in [0.25, 0.3) is 5.91 Å². The average molecular weight is 234 g/mol. The Morgan fingerprint density at radius 3 is 3.06 bits per heavy atom. The van der Waals surface area contributed by atoms with E-state index in [0.717, 1.165) is 18.4 Å². The van der Waals surface area contributed by atoms with Crippen LogP contribution in [0.1, 0.15) is 28.8 Å². The largest absolute Gasteiger partial charge is 0.398 e. The van der Waals surface area contributed by atoms with E-state index >= 15 is 0 Å². The van der Waals surface area contributed by atoms with Crippen molar-refractivity contribution in [1.29, 1.82) is 0 Å². The minimum absolute atomic E-state index is 0.0253. The Kier molecular flexibility index (Phi) is 3.33. The highest BCUT2D eigenvalue weighted by molar-refractivity contribution is 6.00. The number of nitrogens with two attached hydrogens (primary N) is 1. The van der Waals surface area contributed by atoms with E-state index < -0.39 is 0 Å². The summed E-state index contributed by atoms with van der Waals surface area (Å²) in [7, 11) is 0. The number of aliphatic hydroxyl groups is 1. The van der Waals surface area contributed by atoms with E-state index in [1.54, 1.807) is 11.0 Å². The molecular weight excluding hydrogens is 216 g/mol. The van der Waals surface area contributed by atoms with Crippen LogP contribution in [0.4, 0.5) is 5.69 Å². The van der Waals surface area contributed by atoms with Gasteiger partial charge in [-0.15, -0.1) is 0 Å². The molecule has 1 fully saturated rings. The molecule has 92 valence electrons. The topological polar surface area (TPSA) is 66.6 Å². The molecule has 1 amide bonds. The fraction of sp³-hybridized carbons (Fsp3) is 0.462. The Bertz CT molecular complexity index is 431. The molecule has 0 saturated carbocycles. The number of hydrogen-bond acceptors (Lipinski definition) is 3. The van der Waals surface area contributed by atoms with Crippen LogP contribution in [0.3, 0.4) is 0 Å². The lowest BCUT2D eigenvalue weighted by Crippen LogP contribution is -2.38. The number of nitrogens with zero attached hydrogens (tertiary/aromatic N) is 1. The van der Waals surface area contributed by atoms with Gasteiger partial charge in [-0.1, -0.05) is 12.1 Å². The highest BCUT2D eigenvalue weighted by atomic mass is 16.3. The number of aryl methyl sites for hydroxylation is 1. The van der Waals surface area contributed by atoms with Gasteiger partial charge in [0.2, 0.25) is 0 Å². The third-order valence-electron chi connectivity index (χ3n) is 3.40. The predicted octanol–water partition coefficient (Wildman–Crippen LogP) is 1.17. The van der Waals surface area contributed by atoms with Crippen molar-refractivity contribution in [2.24, 2.45) is 0 Å². The fourth-order valence-corrected chi connectivity index (χ4v) is 2.31. The summed E-state index contributed by atoms with van der Waals surface area (Å²) in [5, 5.41) is 9.23. The summed E-state index contributed by atoms with van der Waals surface area (Å²) in [6.45, 7) is 2.62. The molecule has 0 bridgehead atoms. The first kappa shape index (κ1) is 11.9. The lowest BCUT2D eigenvalue weighted by Gasteiger charge is -2.24. The first-order chi connectivity index (χ1) is 8.15. The number of anilines is 1. The van der Waals surface area contributed by atoms with Crippen LogP contribution >= 0.6 is 0 Å². The monoisotopic (exact) mass is 234 g/mol. The Balaban J connectivity index is 2.28. The van der Waals surface area contributed by atoms with Gasteiger partial charge >= 0.3 is 0 Å². The van der Waals surface area contributed by atoms with Gasteiger partial charge in [-0.05, 0) is 31.4 Å². The second kappa shape index (κ2) is 4.75. The van der Waals surface area contributed by atoms with E-state index in [-0.39, 0.29) is 18.6 Å². The van der Waals surface area contributed by atoms with Crippen molar-refractivity contribution in [2.75, 3.05) is 18.9 Å². The SMILES string of the molecule is Cc1cccc(C(=O)N2CCCC2CO)c1N. The molecule has 1 atom stereocenters. The standard InChI is InChI=1S/C13H18N2O2/c1-9-4-2-6-11(12(9)14)13(17)15-7-3-5-10(15)8-16/h2,4,6,10,16H,3,5,7-8,14H2,1H3. The van der Waals surface area contributed by atoms with Crippen LogP contribution in [0.5, 0.6) is 0 Å². The molecule has 1 heterocycles. The molecule has 0 aliphatic carbocycles. The van der Waals surface area contributed by atoms with E-state index in [2.05, 4.69) is 0 Å². The molecule has 0 spiro atoms. The van der Waals surface area contributed by atoms with Gasteiger partial charge in [-0.2, -0.15) is 0 Å². The zero-order chi connectivity index (χ0) is 12.4. The summed E-state index contributed by atoms with van der Waals surface area (Å²) in [4.78, 5) is 14.1. The summed E-state index contributed by atoms with van der Waals surface area (Å²) in [5.41, 5.74) is 7.93. The zero-order valence-corrected chi connectivity index (χ0v) is 10.0. The van der Waals surface area contributed by atoms with Crippen molar-refractivity contribution in [3.05, 3.63) is 29.3 Å². The molecule has 4 heteroatoms. The Hall–Kier alpha value is -1.55. The maximum Gasteiger partial charge on any atom is 0.256 e. The second-order valence-electron chi connectivity index (χ2n) is 4.51. The molecule has 1 aromatic carbocycles. The van der Waals surface area contributed by atoms with Crippen molar-refractivity contribution in [2.45, 2.75) is 25.8 Å². The van der Waals surface area contributed by atoms with Crippen LogP contribution < -0.4 is 5.73 Å². The Morgan fingerprint density at radius 2 is 2.35 bits per heavy atom. The third-order valence-corrected chi connectivity index (χ3v) is 3.40. The Morgan fingerprint density at radius 1 is 1.59 bits per heavy atom. The van der Waals surface area contributed by atoms with Crippen molar-refractivity contribution in [3.63, 3.8) is 0 Å². The molecule has 1 saturated heterocycles. The molecule has 1 aliphatic heterocycles. The minimum atomic E-state index is -0.0669. The number of aliphatic hydroxyl groups excluding tert-OH is 1. The molecular formula is C13H18N2O2. The van der Waals surface area contributed by atoms with E-state index in [1.165, 1.54) is 0 Å². The van der Waals surface area contributed by atoms with Crippen molar-refractivity contribution in [1.82, 2.24) is 4.90 Å².